The van der Waals surface area contributed by atoms with Gasteiger partial charge in [-0.2, -0.15) is 26.3 Å². The van der Waals surface area contributed by atoms with Crippen molar-refractivity contribution in [2.45, 2.75) is 42.0 Å². The third-order valence-electron chi connectivity index (χ3n) is 5.14. The van der Waals surface area contributed by atoms with E-state index in [1.54, 1.807) is 0 Å². The Morgan fingerprint density at radius 3 is 2.12 bits per heavy atom. The minimum absolute atomic E-state index is 0.128. The third-order valence-corrected chi connectivity index (χ3v) is 6.98. The van der Waals surface area contributed by atoms with Crippen molar-refractivity contribution in [3.8, 4) is 0 Å². The molecule has 0 amide bonds. The van der Waals surface area contributed by atoms with Crippen molar-refractivity contribution in [3.63, 3.8) is 0 Å². The molecule has 33 heavy (non-hydrogen) atoms. The van der Waals surface area contributed by atoms with Crippen molar-refractivity contribution in [1.82, 2.24) is 0 Å². The highest BCUT2D eigenvalue weighted by atomic mass is 32.2. The van der Waals surface area contributed by atoms with Crippen molar-refractivity contribution >= 4 is 21.7 Å². The lowest BCUT2D eigenvalue weighted by molar-refractivity contribution is -0.253. The molecular formula is C20H16F7NO4S. The van der Waals surface area contributed by atoms with Crippen molar-refractivity contribution in [2.24, 2.45) is 0 Å². The number of sulfonamides is 1. The van der Waals surface area contributed by atoms with Crippen LogP contribution in [0.1, 0.15) is 23.5 Å². The second kappa shape index (κ2) is 8.50. The molecule has 1 aliphatic rings. The molecule has 0 N–H and O–H groups in total. The molecule has 0 fully saturated rings. The number of carbonyl (C=O) groups is 1. The predicted molar refractivity (Wildman–Crippen MR) is 101 cm³/mol. The molecule has 0 spiro atoms. The average Bonchev–Trinajstić information content (AvgIpc) is 2.70. The van der Waals surface area contributed by atoms with Gasteiger partial charge in [0, 0.05) is 0 Å². The van der Waals surface area contributed by atoms with E-state index in [1.165, 1.54) is 0 Å². The van der Waals surface area contributed by atoms with Crippen molar-refractivity contribution in [1.29, 1.82) is 0 Å². The Bertz CT molecular complexity index is 1130. The van der Waals surface area contributed by atoms with Gasteiger partial charge in [-0.25, -0.2) is 17.6 Å². The highest BCUT2D eigenvalue weighted by Crippen LogP contribution is 2.48. The number of hydrogen-bond acceptors (Lipinski definition) is 4. The Morgan fingerprint density at radius 1 is 1.03 bits per heavy atom. The number of methoxy groups -OCH3 is 1. The molecule has 180 valence electrons. The fourth-order valence-corrected chi connectivity index (χ4v) is 5.38. The molecule has 2 aromatic rings. The minimum Gasteiger partial charge on any atom is -0.467 e. The fourth-order valence-electron chi connectivity index (χ4n) is 3.71. The van der Waals surface area contributed by atoms with Gasteiger partial charge in [-0.3, -0.25) is 4.31 Å². The standard InChI is InChI=1S/C20H16F7NO4S/c1-32-18(29)16-9-2-11-10-12(17(19(22,23)24)20(25,26)27)3-8-15(11)28(16)33(30,31)14-6-4-13(21)5-7-14/h3-8,10,16-17H,2,9H2,1H3. The van der Waals surface area contributed by atoms with E-state index in [0.29, 0.717) is 16.4 Å². The Balaban J connectivity index is 2.17. The lowest BCUT2D eigenvalue weighted by Crippen LogP contribution is -2.48. The maximum absolute atomic E-state index is 13.3. The zero-order chi connectivity index (χ0) is 24.8. The van der Waals surface area contributed by atoms with E-state index in [0.717, 1.165) is 37.4 Å². The molecule has 3 rings (SSSR count). The van der Waals surface area contributed by atoms with E-state index in [2.05, 4.69) is 4.74 Å². The minimum atomic E-state index is -5.63. The summed E-state index contributed by atoms with van der Waals surface area (Å²) in [6, 6.07) is 4.08. The van der Waals surface area contributed by atoms with Crippen LogP contribution < -0.4 is 4.31 Å². The van der Waals surface area contributed by atoms with Gasteiger partial charge >= 0.3 is 18.3 Å². The number of rotatable bonds is 4. The van der Waals surface area contributed by atoms with Gasteiger partial charge in [0.05, 0.1) is 17.7 Å². The highest BCUT2D eigenvalue weighted by Gasteiger charge is 2.57. The Hall–Kier alpha value is -2.83. The summed E-state index contributed by atoms with van der Waals surface area (Å²) in [5.74, 6) is -5.48. The largest absolute Gasteiger partial charge is 0.467 e. The normalized spacial score (nSPS) is 17.1. The van der Waals surface area contributed by atoms with E-state index in [-0.39, 0.29) is 24.1 Å². The summed E-state index contributed by atoms with van der Waals surface area (Å²) < 4.78 is 124. The maximum atomic E-state index is 13.3. The molecule has 0 aromatic heterocycles. The van der Waals surface area contributed by atoms with Gasteiger partial charge in [0.1, 0.15) is 11.9 Å². The number of ether oxygens (including phenoxy) is 1. The van der Waals surface area contributed by atoms with Crippen LogP contribution in [0.25, 0.3) is 0 Å². The molecule has 2 aromatic carbocycles. The molecule has 1 unspecified atom stereocenters. The van der Waals surface area contributed by atoms with Gasteiger partial charge in [-0.15, -0.1) is 0 Å². The van der Waals surface area contributed by atoms with Crippen LogP contribution in [0.5, 0.6) is 0 Å². The summed E-state index contributed by atoms with van der Waals surface area (Å²) in [4.78, 5) is 11.8. The molecule has 0 aliphatic carbocycles. The first kappa shape index (κ1) is 24.8. The van der Waals surface area contributed by atoms with Crippen LogP contribution >= 0.6 is 0 Å². The van der Waals surface area contributed by atoms with E-state index in [4.69, 9.17) is 0 Å². The molecule has 5 nitrogen and oxygen atoms in total. The van der Waals surface area contributed by atoms with Crippen LogP contribution in [-0.2, 0) is 26.0 Å². The first-order valence-corrected chi connectivity index (χ1v) is 10.8. The molecule has 1 heterocycles. The van der Waals surface area contributed by atoms with Gasteiger partial charge in [-0.1, -0.05) is 12.1 Å². The SMILES string of the molecule is COC(=O)C1CCc2cc(C(C(F)(F)F)C(F)(F)F)ccc2N1S(=O)(=O)c1ccc(F)cc1. The van der Waals surface area contributed by atoms with Gasteiger partial charge in [0.2, 0.25) is 0 Å². The zero-order valence-corrected chi connectivity index (χ0v) is 17.6. The number of carbonyl (C=O) groups excluding carboxylic acids is 1. The summed E-state index contributed by atoms with van der Waals surface area (Å²) in [5, 5.41) is 0. The lowest BCUT2D eigenvalue weighted by atomic mass is 9.91. The van der Waals surface area contributed by atoms with Crippen molar-refractivity contribution < 1.29 is 48.7 Å². The summed E-state index contributed by atoms with van der Waals surface area (Å²) in [7, 11) is -3.56. The average molecular weight is 499 g/mol. The van der Waals surface area contributed by atoms with Crippen LogP contribution in [0, 0.1) is 5.82 Å². The van der Waals surface area contributed by atoms with Crippen LogP contribution in [0.15, 0.2) is 47.4 Å². The van der Waals surface area contributed by atoms with Crippen LogP contribution in [0.2, 0.25) is 0 Å². The number of hydrogen-bond donors (Lipinski definition) is 0. The topological polar surface area (TPSA) is 63.7 Å². The van der Waals surface area contributed by atoms with Gasteiger partial charge in [0.25, 0.3) is 10.0 Å². The van der Waals surface area contributed by atoms with Gasteiger partial charge in [0.15, 0.2) is 5.92 Å². The molecule has 0 bridgehead atoms. The Morgan fingerprint density at radius 2 is 1.61 bits per heavy atom. The first-order valence-electron chi connectivity index (χ1n) is 9.32. The van der Waals surface area contributed by atoms with E-state index in [9.17, 15) is 43.9 Å². The summed E-state index contributed by atoms with van der Waals surface area (Å²) in [6.07, 6.45) is -11.7. The first-order chi connectivity index (χ1) is 15.2. The number of benzene rings is 2. The number of halogens is 7. The molecule has 1 aliphatic heterocycles. The molecule has 13 heteroatoms. The third kappa shape index (κ3) is 4.77. The lowest BCUT2D eigenvalue weighted by Gasteiger charge is -2.36. The van der Waals surface area contributed by atoms with Crippen molar-refractivity contribution in [2.75, 3.05) is 11.4 Å². The molecule has 0 radical (unpaired) electrons. The molecule has 0 saturated heterocycles. The fraction of sp³-hybridized carbons (Fsp3) is 0.350. The number of aryl methyl sites for hydroxylation is 1. The second-order valence-electron chi connectivity index (χ2n) is 7.24. The predicted octanol–water partition coefficient (Wildman–Crippen LogP) is 4.72. The molecular weight excluding hydrogens is 483 g/mol. The van der Waals surface area contributed by atoms with E-state index in [1.807, 2.05) is 0 Å². The van der Waals surface area contributed by atoms with Crippen molar-refractivity contribution in [3.05, 3.63) is 59.4 Å². The Kier molecular flexibility index (Phi) is 6.39. The molecule has 0 saturated carbocycles. The zero-order valence-electron chi connectivity index (χ0n) is 16.7. The number of anilines is 1. The summed E-state index contributed by atoms with van der Waals surface area (Å²) >= 11 is 0. The Labute approximate surface area is 183 Å². The van der Waals surface area contributed by atoms with Crippen LogP contribution in [0.4, 0.5) is 36.4 Å². The monoisotopic (exact) mass is 499 g/mol. The van der Waals surface area contributed by atoms with E-state index >= 15 is 0 Å². The second-order valence-corrected chi connectivity index (χ2v) is 9.05. The summed E-state index contributed by atoms with van der Waals surface area (Å²) in [5.41, 5.74) is -1.51. The van der Waals surface area contributed by atoms with Crippen LogP contribution in [-0.4, -0.2) is 39.9 Å². The number of esters is 1. The summed E-state index contributed by atoms with van der Waals surface area (Å²) in [6.45, 7) is 0. The highest BCUT2D eigenvalue weighted by molar-refractivity contribution is 7.93. The number of nitrogens with zero attached hydrogens (tertiary/aromatic N) is 1. The molecule has 1 atom stereocenters. The van der Waals surface area contributed by atoms with Gasteiger partial charge in [-0.05, 0) is 54.3 Å². The van der Waals surface area contributed by atoms with E-state index < -0.39 is 56.6 Å². The van der Waals surface area contributed by atoms with Gasteiger partial charge < -0.3 is 4.74 Å². The quantitative estimate of drug-likeness (QED) is 0.452. The number of alkyl halides is 6. The van der Waals surface area contributed by atoms with Crippen LogP contribution in [0.3, 0.4) is 0 Å². The number of fused-ring (bicyclic) bond motifs is 1. The maximum Gasteiger partial charge on any atom is 0.404 e. The smallest absolute Gasteiger partial charge is 0.404 e.